The van der Waals surface area contributed by atoms with Gasteiger partial charge in [-0.1, -0.05) is 38.8 Å². The van der Waals surface area contributed by atoms with Gasteiger partial charge in [-0.25, -0.2) is 8.42 Å². The zero-order valence-electron chi connectivity index (χ0n) is 24.2. The molecule has 4 amide bonds. The van der Waals surface area contributed by atoms with E-state index in [1.165, 1.54) is 11.8 Å². The van der Waals surface area contributed by atoms with Crippen molar-refractivity contribution in [2.45, 2.75) is 114 Å². The molecule has 238 valence electrons. The molecule has 2 heterocycles. The number of halogens is 3. The number of hydrogen-bond acceptors (Lipinski definition) is 7. The van der Waals surface area contributed by atoms with Gasteiger partial charge in [-0.2, -0.15) is 13.2 Å². The van der Waals surface area contributed by atoms with E-state index in [0.29, 0.717) is 25.7 Å². The molecule has 3 rings (SSSR count). The summed E-state index contributed by atoms with van der Waals surface area (Å²) >= 11 is 0. The fourth-order valence-corrected chi connectivity index (χ4v) is 6.42. The predicted molar refractivity (Wildman–Crippen MR) is 148 cm³/mol. The van der Waals surface area contributed by atoms with Crippen LogP contribution in [-0.4, -0.2) is 78.6 Å². The van der Waals surface area contributed by atoms with Crippen molar-refractivity contribution >= 4 is 33.7 Å². The van der Waals surface area contributed by atoms with Gasteiger partial charge in [0, 0.05) is 24.9 Å². The van der Waals surface area contributed by atoms with Crippen LogP contribution in [0.4, 0.5) is 13.2 Å². The number of carbonyl (C=O) groups is 4. The standard InChI is InChI=1S/C27H42F3N5O6S/c1-4-17(3)42(40,41)34-25(39)26-14-18(26)10-8-6-5-7-9-11-20(32-22(36)12-16(2)27(28,29)30)24(38)35-15-19(31)13-21(35)23(37)33-26/h8,10,16-21H,4-7,9,11-15,31H2,1-3H3,(H,32,36)(H,33,37)(H,34,39)/b10-8-/t16?,17?,18-,19-,20+,21+,26-/m1/s1. The van der Waals surface area contributed by atoms with Crippen molar-refractivity contribution in [3.8, 4) is 0 Å². The smallest absolute Gasteiger partial charge is 0.344 e. The first-order valence-electron chi connectivity index (χ1n) is 14.5. The van der Waals surface area contributed by atoms with Crippen LogP contribution in [0.5, 0.6) is 0 Å². The van der Waals surface area contributed by atoms with Gasteiger partial charge in [-0.3, -0.25) is 23.9 Å². The minimum atomic E-state index is -4.57. The van der Waals surface area contributed by atoms with Gasteiger partial charge >= 0.3 is 6.18 Å². The van der Waals surface area contributed by atoms with Crippen molar-refractivity contribution in [3.63, 3.8) is 0 Å². The second kappa shape index (κ2) is 13.3. The molecular weight excluding hydrogens is 579 g/mol. The number of nitrogens with two attached hydrogens (primary N) is 1. The molecule has 0 aromatic heterocycles. The van der Waals surface area contributed by atoms with Gasteiger partial charge in [0.15, 0.2) is 0 Å². The Kier molecular flexibility index (Phi) is 10.7. The Bertz CT molecular complexity index is 1180. The quantitative estimate of drug-likeness (QED) is 0.314. The number of carbonyl (C=O) groups excluding carboxylic acids is 4. The van der Waals surface area contributed by atoms with Crippen molar-refractivity contribution in [3.05, 3.63) is 12.2 Å². The highest BCUT2D eigenvalue weighted by molar-refractivity contribution is 7.90. The Morgan fingerprint density at radius 2 is 1.90 bits per heavy atom. The molecule has 5 N–H and O–H groups in total. The molecular formula is C27H42F3N5O6S. The molecule has 42 heavy (non-hydrogen) atoms. The minimum absolute atomic E-state index is 0.0346. The van der Waals surface area contributed by atoms with Gasteiger partial charge in [0.2, 0.25) is 27.7 Å². The lowest BCUT2D eigenvalue weighted by Crippen LogP contribution is -2.58. The molecule has 0 aromatic carbocycles. The average molecular weight is 622 g/mol. The second-order valence-corrected chi connectivity index (χ2v) is 13.9. The van der Waals surface area contributed by atoms with E-state index in [9.17, 15) is 40.8 Å². The van der Waals surface area contributed by atoms with Crippen molar-refractivity contribution < 1.29 is 40.8 Å². The molecule has 7 atom stereocenters. The molecule has 11 nitrogen and oxygen atoms in total. The van der Waals surface area contributed by atoms with Gasteiger partial charge < -0.3 is 21.3 Å². The largest absolute Gasteiger partial charge is 0.392 e. The Balaban J connectivity index is 1.86. The molecule has 0 bridgehead atoms. The predicted octanol–water partition coefficient (Wildman–Crippen LogP) is 1.63. The monoisotopic (exact) mass is 621 g/mol. The van der Waals surface area contributed by atoms with Gasteiger partial charge in [-0.05, 0) is 45.4 Å². The zero-order chi connectivity index (χ0) is 31.5. The number of nitrogens with one attached hydrogen (secondary N) is 3. The van der Waals surface area contributed by atoms with Crippen LogP contribution in [0.2, 0.25) is 0 Å². The Hall–Kier alpha value is -2.68. The van der Waals surface area contributed by atoms with E-state index in [-0.39, 0.29) is 32.2 Å². The van der Waals surface area contributed by atoms with Crippen molar-refractivity contribution in [1.82, 2.24) is 20.3 Å². The Morgan fingerprint density at radius 1 is 1.21 bits per heavy atom. The van der Waals surface area contributed by atoms with Crippen molar-refractivity contribution in [2.24, 2.45) is 17.6 Å². The lowest BCUT2D eigenvalue weighted by Gasteiger charge is -2.30. The summed E-state index contributed by atoms with van der Waals surface area (Å²) < 4.78 is 66.5. The first-order chi connectivity index (χ1) is 19.5. The summed E-state index contributed by atoms with van der Waals surface area (Å²) in [6, 6.07) is -2.88. The van der Waals surface area contributed by atoms with Crippen molar-refractivity contribution in [2.75, 3.05) is 6.54 Å². The maximum atomic E-state index is 13.7. The number of fused-ring (bicyclic) bond motifs is 2. The molecule has 0 spiro atoms. The molecule has 2 aliphatic heterocycles. The summed E-state index contributed by atoms with van der Waals surface area (Å²) in [5, 5.41) is 4.30. The van der Waals surface area contributed by atoms with E-state index in [1.807, 2.05) is 6.08 Å². The summed E-state index contributed by atoms with van der Waals surface area (Å²) in [4.78, 5) is 54.3. The van der Waals surface area contributed by atoms with Gasteiger partial charge in [-0.15, -0.1) is 0 Å². The lowest BCUT2D eigenvalue weighted by atomic mass is 10.0. The third-order valence-corrected chi connectivity index (χ3v) is 10.3. The third kappa shape index (κ3) is 8.03. The zero-order valence-corrected chi connectivity index (χ0v) is 25.0. The van der Waals surface area contributed by atoms with Gasteiger partial charge in [0.25, 0.3) is 5.91 Å². The van der Waals surface area contributed by atoms with E-state index < -0.39 is 87.0 Å². The molecule has 1 saturated heterocycles. The second-order valence-electron chi connectivity index (χ2n) is 11.8. The number of nitrogens with zero attached hydrogens (tertiary/aromatic N) is 1. The summed E-state index contributed by atoms with van der Waals surface area (Å²) in [6.07, 6.45) is 1.35. The lowest BCUT2D eigenvalue weighted by molar-refractivity contribution is -0.174. The Labute approximate surface area is 244 Å². The maximum Gasteiger partial charge on any atom is 0.392 e. The van der Waals surface area contributed by atoms with Crippen LogP contribution < -0.4 is 21.1 Å². The van der Waals surface area contributed by atoms with Crippen LogP contribution in [-0.2, 0) is 29.2 Å². The van der Waals surface area contributed by atoms with Crippen LogP contribution in [0.15, 0.2) is 12.2 Å². The molecule has 0 aromatic rings. The van der Waals surface area contributed by atoms with E-state index in [0.717, 1.165) is 6.92 Å². The number of hydrogen-bond donors (Lipinski definition) is 4. The molecule has 3 aliphatic rings. The molecule has 2 unspecified atom stereocenters. The van der Waals surface area contributed by atoms with Crippen LogP contribution in [0.1, 0.15) is 78.6 Å². The molecule has 15 heteroatoms. The van der Waals surface area contributed by atoms with Crippen LogP contribution in [0.3, 0.4) is 0 Å². The van der Waals surface area contributed by atoms with E-state index in [4.69, 9.17) is 5.73 Å². The van der Waals surface area contributed by atoms with Gasteiger partial charge in [0.05, 0.1) is 11.2 Å². The number of rotatable bonds is 7. The van der Waals surface area contributed by atoms with E-state index >= 15 is 0 Å². The van der Waals surface area contributed by atoms with Crippen molar-refractivity contribution in [1.29, 1.82) is 0 Å². The number of amides is 4. The normalized spacial score (nSPS) is 31.4. The molecule has 2 fully saturated rings. The number of allylic oxidation sites excluding steroid dienone is 1. The highest BCUT2D eigenvalue weighted by atomic mass is 32.2. The Morgan fingerprint density at radius 3 is 2.55 bits per heavy atom. The van der Waals surface area contributed by atoms with Gasteiger partial charge in [0.1, 0.15) is 17.6 Å². The molecule has 1 aliphatic carbocycles. The summed E-state index contributed by atoms with van der Waals surface area (Å²) in [7, 11) is -4.00. The van der Waals surface area contributed by atoms with Crippen LogP contribution >= 0.6 is 0 Å². The topological polar surface area (TPSA) is 168 Å². The highest BCUT2D eigenvalue weighted by Gasteiger charge is 2.61. The summed E-state index contributed by atoms with van der Waals surface area (Å²) in [5.74, 6) is -5.50. The fraction of sp³-hybridized carbons (Fsp3) is 0.778. The number of alkyl halides is 3. The minimum Gasteiger partial charge on any atom is -0.344 e. The highest BCUT2D eigenvalue weighted by Crippen LogP contribution is 2.45. The van der Waals surface area contributed by atoms with Crippen LogP contribution in [0.25, 0.3) is 0 Å². The average Bonchev–Trinajstić information content (AvgIpc) is 3.45. The molecule has 1 saturated carbocycles. The summed E-state index contributed by atoms with van der Waals surface area (Å²) in [5.41, 5.74) is 4.57. The summed E-state index contributed by atoms with van der Waals surface area (Å²) in [6.45, 7) is 3.99. The SMILES string of the molecule is CCC(C)S(=O)(=O)NC(=O)[C@@]12C[C@H]1/C=C\CCCCC[C@H](NC(=O)CC(C)C(F)(F)F)C(=O)N1C[C@H](N)C[C@H]1C(=O)N2. The van der Waals surface area contributed by atoms with Crippen LogP contribution in [0, 0.1) is 11.8 Å². The molecule has 0 radical (unpaired) electrons. The maximum absolute atomic E-state index is 13.7. The third-order valence-electron chi connectivity index (χ3n) is 8.44. The number of sulfonamides is 1. The van der Waals surface area contributed by atoms with E-state index in [1.54, 1.807) is 13.0 Å². The fourth-order valence-electron chi connectivity index (χ4n) is 5.34. The van der Waals surface area contributed by atoms with E-state index in [2.05, 4.69) is 15.4 Å². The first-order valence-corrected chi connectivity index (χ1v) is 16.0. The first kappa shape index (κ1) is 33.8.